The molecule has 0 unspecified atom stereocenters. The first-order valence-electron chi connectivity index (χ1n) is 7.52. The monoisotopic (exact) mass is 382 g/mol. The van der Waals surface area contributed by atoms with Gasteiger partial charge in [0, 0.05) is 0 Å². The maximum Gasteiger partial charge on any atom is 0.276 e. The van der Waals surface area contributed by atoms with Gasteiger partial charge in [-0.3, -0.25) is 0 Å². The summed E-state index contributed by atoms with van der Waals surface area (Å²) in [6.45, 7) is 5.86. The highest BCUT2D eigenvalue weighted by Crippen LogP contribution is 2.34. The van der Waals surface area contributed by atoms with E-state index >= 15 is 0 Å². The Morgan fingerprint density at radius 2 is 1.96 bits per heavy atom. The van der Waals surface area contributed by atoms with Crippen molar-refractivity contribution in [1.29, 1.82) is 0 Å². The van der Waals surface area contributed by atoms with Gasteiger partial charge in [-0.15, -0.1) is 0 Å². The van der Waals surface area contributed by atoms with Crippen molar-refractivity contribution < 1.29 is 18.3 Å². The summed E-state index contributed by atoms with van der Waals surface area (Å²) in [4.78, 5) is 2.28. The lowest BCUT2D eigenvalue weighted by molar-refractivity contribution is 0.318. The third-order valence-electron chi connectivity index (χ3n) is 3.53. The molecule has 2 N–H and O–H groups in total. The SMILES string of the molecule is CCOc1cc(/C=N/NS(=O)(=O)c2ccc(C)c(C)c2)cc(Cl)c1O. The van der Waals surface area contributed by atoms with Gasteiger partial charge in [-0.25, -0.2) is 4.83 Å². The van der Waals surface area contributed by atoms with Crippen molar-refractivity contribution in [2.45, 2.75) is 25.7 Å². The predicted octanol–water partition coefficient (Wildman–Crippen LogP) is 3.37. The fourth-order valence-electron chi connectivity index (χ4n) is 2.04. The molecule has 0 saturated heterocycles. The summed E-state index contributed by atoms with van der Waals surface area (Å²) in [7, 11) is -3.77. The third-order valence-corrected chi connectivity index (χ3v) is 5.03. The number of nitrogens with one attached hydrogen (secondary N) is 1. The Balaban J connectivity index is 2.21. The average molecular weight is 383 g/mol. The Labute approximate surface area is 152 Å². The van der Waals surface area contributed by atoms with Crippen LogP contribution in [0.15, 0.2) is 40.3 Å². The van der Waals surface area contributed by atoms with Crippen LogP contribution < -0.4 is 9.57 Å². The number of nitrogens with zero attached hydrogens (tertiary/aromatic N) is 1. The number of hydrogen-bond donors (Lipinski definition) is 2. The van der Waals surface area contributed by atoms with E-state index in [2.05, 4.69) is 9.93 Å². The van der Waals surface area contributed by atoms with Gasteiger partial charge in [0.15, 0.2) is 11.5 Å². The maximum atomic E-state index is 12.3. The van der Waals surface area contributed by atoms with Crippen molar-refractivity contribution in [3.8, 4) is 11.5 Å². The van der Waals surface area contributed by atoms with E-state index in [0.717, 1.165) is 11.1 Å². The van der Waals surface area contributed by atoms with Gasteiger partial charge in [0.25, 0.3) is 10.0 Å². The summed E-state index contributed by atoms with van der Waals surface area (Å²) in [5.74, 6) is 0.0323. The fourth-order valence-corrected chi connectivity index (χ4v) is 3.13. The van der Waals surface area contributed by atoms with Crippen LogP contribution >= 0.6 is 11.6 Å². The number of hydrazone groups is 1. The second-order valence-corrected chi connectivity index (χ2v) is 7.45. The highest BCUT2D eigenvalue weighted by Gasteiger charge is 2.13. The van der Waals surface area contributed by atoms with Gasteiger partial charge in [0.1, 0.15) is 0 Å². The topological polar surface area (TPSA) is 88.0 Å². The van der Waals surface area contributed by atoms with Gasteiger partial charge in [0.2, 0.25) is 0 Å². The molecule has 0 saturated carbocycles. The molecule has 134 valence electrons. The lowest BCUT2D eigenvalue weighted by atomic mass is 10.1. The van der Waals surface area contributed by atoms with E-state index in [9.17, 15) is 13.5 Å². The number of phenols is 1. The first-order chi connectivity index (χ1) is 11.7. The van der Waals surface area contributed by atoms with E-state index in [1.54, 1.807) is 19.1 Å². The smallest absolute Gasteiger partial charge is 0.276 e. The molecule has 0 aliphatic carbocycles. The van der Waals surface area contributed by atoms with E-state index in [0.29, 0.717) is 12.2 Å². The van der Waals surface area contributed by atoms with E-state index < -0.39 is 10.0 Å². The summed E-state index contributed by atoms with van der Waals surface area (Å²) < 4.78 is 29.8. The van der Waals surface area contributed by atoms with Crippen LogP contribution in [-0.4, -0.2) is 26.3 Å². The molecule has 0 fully saturated rings. The largest absolute Gasteiger partial charge is 0.503 e. The van der Waals surface area contributed by atoms with Crippen molar-refractivity contribution in [2.75, 3.05) is 6.61 Å². The quantitative estimate of drug-likeness (QED) is 0.592. The Kier molecular flexibility index (Phi) is 5.92. The van der Waals surface area contributed by atoms with Crippen molar-refractivity contribution in [2.24, 2.45) is 5.10 Å². The molecule has 0 spiro atoms. The van der Waals surface area contributed by atoms with Gasteiger partial charge in [-0.2, -0.15) is 13.5 Å². The first-order valence-corrected chi connectivity index (χ1v) is 9.38. The van der Waals surface area contributed by atoms with Crippen LogP contribution in [0, 0.1) is 13.8 Å². The third kappa shape index (κ3) is 4.64. The summed E-state index contributed by atoms with van der Waals surface area (Å²) in [5, 5.41) is 13.6. The number of aryl methyl sites for hydroxylation is 2. The van der Waals surface area contributed by atoms with Gasteiger partial charge >= 0.3 is 0 Å². The molecule has 2 aromatic carbocycles. The molecular formula is C17H19ClN2O4S. The number of hydrogen-bond acceptors (Lipinski definition) is 5. The van der Waals surface area contributed by atoms with Crippen molar-refractivity contribution in [1.82, 2.24) is 4.83 Å². The Morgan fingerprint density at radius 1 is 1.24 bits per heavy atom. The molecular weight excluding hydrogens is 364 g/mol. The second kappa shape index (κ2) is 7.76. The summed E-state index contributed by atoms with van der Waals surface area (Å²) >= 11 is 5.92. The van der Waals surface area contributed by atoms with E-state index in [1.165, 1.54) is 24.4 Å². The van der Waals surface area contributed by atoms with Crippen LogP contribution in [0.2, 0.25) is 5.02 Å². The second-order valence-electron chi connectivity index (χ2n) is 5.38. The zero-order valence-electron chi connectivity index (χ0n) is 14.1. The molecule has 0 aliphatic heterocycles. The first kappa shape index (κ1) is 19.1. The van der Waals surface area contributed by atoms with Crippen molar-refractivity contribution in [3.63, 3.8) is 0 Å². The minimum Gasteiger partial charge on any atom is -0.503 e. The molecule has 8 heteroatoms. The lowest BCUT2D eigenvalue weighted by Gasteiger charge is -2.08. The predicted molar refractivity (Wildman–Crippen MR) is 98.1 cm³/mol. The zero-order valence-corrected chi connectivity index (χ0v) is 15.6. The highest BCUT2D eigenvalue weighted by molar-refractivity contribution is 7.89. The number of phenolic OH excluding ortho intramolecular Hbond substituents is 1. The summed E-state index contributed by atoms with van der Waals surface area (Å²) in [6, 6.07) is 7.80. The fraction of sp³-hybridized carbons (Fsp3) is 0.235. The van der Waals surface area contributed by atoms with Crippen molar-refractivity contribution >= 4 is 27.8 Å². The van der Waals surface area contributed by atoms with Crippen LogP contribution in [0.4, 0.5) is 0 Å². The Hall–Kier alpha value is -2.25. The van der Waals surface area contributed by atoms with Gasteiger partial charge in [0.05, 0.1) is 22.7 Å². The number of ether oxygens (including phenoxy) is 1. The molecule has 0 radical (unpaired) electrons. The molecule has 0 bridgehead atoms. The van der Waals surface area contributed by atoms with Crippen LogP contribution in [0.3, 0.4) is 0 Å². The molecule has 2 aromatic rings. The van der Waals surface area contributed by atoms with Crippen LogP contribution in [0.5, 0.6) is 11.5 Å². The van der Waals surface area contributed by atoms with Crippen LogP contribution in [0.25, 0.3) is 0 Å². The summed E-state index contributed by atoms with van der Waals surface area (Å²) in [5.41, 5.74) is 2.36. The van der Waals surface area contributed by atoms with Gasteiger partial charge in [-0.05, 0) is 61.7 Å². The van der Waals surface area contributed by atoms with Gasteiger partial charge in [-0.1, -0.05) is 17.7 Å². The standard InChI is InChI=1S/C17H19ClN2O4S/c1-4-24-16-9-13(8-15(18)17(16)21)10-19-20-25(22,23)14-6-5-11(2)12(3)7-14/h5-10,20-21H,4H2,1-3H3/b19-10+. The van der Waals surface area contributed by atoms with E-state index in [-0.39, 0.29) is 21.4 Å². The van der Waals surface area contributed by atoms with E-state index in [1.807, 2.05) is 13.8 Å². The minimum atomic E-state index is -3.77. The maximum absolute atomic E-state index is 12.3. The Bertz CT molecular complexity index is 911. The summed E-state index contributed by atoms with van der Waals surface area (Å²) in [6.07, 6.45) is 1.28. The van der Waals surface area contributed by atoms with E-state index in [4.69, 9.17) is 16.3 Å². The molecule has 0 heterocycles. The number of rotatable bonds is 6. The Morgan fingerprint density at radius 3 is 2.60 bits per heavy atom. The molecule has 0 atom stereocenters. The number of aromatic hydroxyl groups is 1. The average Bonchev–Trinajstić information content (AvgIpc) is 2.54. The molecule has 0 amide bonds. The molecule has 2 rings (SSSR count). The van der Waals surface area contributed by atoms with Crippen molar-refractivity contribution in [3.05, 3.63) is 52.0 Å². The van der Waals surface area contributed by atoms with Gasteiger partial charge < -0.3 is 9.84 Å². The van der Waals surface area contributed by atoms with Crippen LogP contribution in [-0.2, 0) is 10.0 Å². The number of halogens is 1. The molecule has 6 nitrogen and oxygen atoms in total. The van der Waals surface area contributed by atoms with Crippen LogP contribution in [0.1, 0.15) is 23.6 Å². The lowest BCUT2D eigenvalue weighted by Crippen LogP contribution is -2.18. The minimum absolute atomic E-state index is 0.0874. The number of sulfonamides is 1. The highest BCUT2D eigenvalue weighted by atomic mass is 35.5. The molecule has 0 aromatic heterocycles. The molecule has 0 aliphatic rings. The number of benzene rings is 2. The zero-order chi connectivity index (χ0) is 18.6. The molecule has 25 heavy (non-hydrogen) atoms. The normalized spacial score (nSPS) is 11.7.